The lowest BCUT2D eigenvalue weighted by Crippen LogP contribution is -2.14. The summed E-state index contributed by atoms with van der Waals surface area (Å²) in [6, 6.07) is 16.4. The number of amides is 1. The monoisotopic (exact) mass is 485 g/mol. The average molecular weight is 487 g/mol. The van der Waals surface area contributed by atoms with Gasteiger partial charge in [0, 0.05) is 18.1 Å². The third-order valence-corrected chi connectivity index (χ3v) is 4.92. The van der Waals surface area contributed by atoms with Gasteiger partial charge in [-0.15, -0.1) is 0 Å². The Labute approximate surface area is 186 Å². The van der Waals surface area contributed by atoms with Crippen molar-refractivity contribution < 1.29 is 9.53 Å². The summed E-state index contributed by atoms with van der Waals surface area (Å²) in [5.41, 5.74) is 1.99. The lowest BCUT2D eigenvalue weighted by atomic mass is 10.2. The van der Waals surface area contributed by atoms with Crippen LogP contribution in [0, 0.1) is 0 Å². The molecule has 7 nitrogen and oxygen atoms in total. The predicted molar refractivity (Wildman–Crippen MR) is 118 cm³/mol. The molecular weight excluding hydrogens is 470 g/mol. The molecule has 0 atom stereocenters. The van der Waals surface area contributed by atoms with Crippen LogP contribution >= 0.6 is 27.5 Å². The van der Waals surface area contributed by atoms with E-state index >= 15 is 0 Å². The number of aromatic nitrogens is 4. The second-order valence-electron chi connectivity index (χ2n) is 6.45. The molecule has 0 aliphatic rings. The SMILES string of the molecule is O=C(Nc1cccc(Cn2cc(Br)cn2)c1)c1ccn(COc2ccccc2Cl)n1. The molecule has 0 radical (unpaired) electrons. The Morgan fingerprint density at radius 1 is 1.13 bits per heavy atom. The number of benzene rings is 2. The van der Waals surface area contributed by atoms with Crippen LogP contribution in [-0.4, -0.2) is 25.5 Å². The Morgan fingerprint density at radius 2 is 2.00 bits per heavy atom. The van der Waals surface area contributed by atoms with Crippen LogP contribution in [0.5, 0.6) is 5.75 Å². The number of hydrogen-bond acceptors (Lipinski definition) is 4. The Morgan fingerprint density at radius 3 is 2.80 bits per heavy atom. The van der Waals surface area contributed by atoms with Crippen LogP contribution in [0.3, 0.4) is 0 Å². The van der Waals surface area contributed by atoms with Gasteiger partial charge in [-0.2, -0.15) is 10.2 Å². The molecule has 0 saturated carbocycles. The number of halogens is 2. The van der Waals surface area contributed by atoms with E-state index in [2.05, 4.69) is 31.4 Å². The first kappa shape index (κ1) is 20.2. The zero-order valence-electron chi connectivity index (χ0n) is 15.7. The summed E-state index contributed by atoms with van der Waals surface area (Å²) in [7, 11) is 0. The van der Waals surface area contributed by atoms with Crippen molar-refractivity contribution in [2.24, 2.45) is 0 Å². The number of rotatable bonds is 7. The van der Waals surface area contributed by atoms with E-state index in [1.165, 1.54) is 4.68 Å². The Balaban J connectivity index is 1.37. The molecule has 0 spiro atoms. The van der Waals surface area contributed by atoms with Crippen molar-refractivity contribution in [1.82, 2.24) is 19.6 Å². The van der Waals surface area contributed by atoms with E-state index in [1.54, 1.807) is 30.6 Å². The third-order valence-electron chi connectivity index (χ3n) is 4.19. The van der Waals surface area contributed by atoms with Gasteiger partial charge in [0.1, 0.15) is 5.75 Å². The van der Waals surface area contributed by atoms with Crippen molar-refractivity contribution >= 4 is 39.1 Å². The fraction of sp³-hybridized carbons (Fsp3) is 0.0952. The van der Waals surface area contributed by atoms with Gasteiger partial charge in [-0.3, -0.25) is 9.48 Å². The van der Waals surface area contributed by atoms with E-state index in [9.17, 15) is 4.79 Å². The van der Waals surface area contributed by atoms with Crippen molar-refractivity contribution in [3.8, 4) is 5.75 Å². The van der Waals surface area contributed by atoms with E-state index in [4.69, 9.17) is 16.3 Å². The Kier molecular flexibility index (Phi) is 6.15. The molecule has 0 unspecified atom stereocenters. The summed E-state index contributed by atoms with van der Waals surface area (Å²) in [5.74, 6) is 0.257. The van der Waals surface area contributed by atoms with Crippen LogP contribution in [0.25, 0.3) is 0 Å². The van der Waals surface area contributed by atoms with Gasteiger partial charge < -0.3 is 10.1 Å². The van der Waals surface area contributed by atoms with Crippen LogP contribution in [0.15, 0.2) is 77.7 Å². The molecule has 1 amide bonds. The molecule has 30 heavy (non-hydrogen) atoms. The van der Waals surface area contributed by atoms with Gasteiger partial charge in [0.15, 0.2) is 12.4 Å². The standard InChI is InChI=1S/C21H17BrClN5O2/c22-16-11-24-28(13-16)12-15-4-3-5-17(10-15)25-21(29)19-8-9-27(26-19)14-30-20-7-2-1-6-18(20)23/h1-11,13H,12,14H2,(H,25,29). The molecule has 4 aromatic rings. The number of carbonyl (C=O) groups is 1. The number of nitrogens with one attached hydrogen (secondary N) is 1. The first-order chi connectivity index (χ1) is 14.6. The first-order valence-electron chi connectivity index (χ1n) is 9.06. The molecule has 1 N–H and O–H groups in total. The number of hydrogen-bond donors (Lipinski definition) is 1. The van der Waals surface area contributed by atoms with Crippen LogP contribution in [-0.2, 0) is 13.3 Å². The van der Waals surface area contributed by atoms with Crippen molar-refractivity contribution in [2.45, 2.75) is 13.3 Å². The second kappa shape index (κ2) is 9.15. The molecule has 0 aliphatic heterocycles. The zero-order chi connectivity index (χ0) is 20.9. The lowest BCUT2D eigenvalue weighted by Gasteiger charge is -2.08. The number of carbonyl (C=O) groups excluding carboxylic acids is 1. The second-order valence-corrected chi connectivity index (χ2v) is 7.78. The molecule has 2 aromatic carbocycles. The molecule has 0 bridgehead atoms. The molecule has 0 aliphatic carbocycles. The zero-order valence-corrected chi connectivity index (χ0v) is 18.0. The summed E-state index contributed by atoms with van der Waals surface area (Å²) >= 11 is 9.46. The Hall–Kier alpha value is -3.10. The molecule has 2 aromatic heterocycles. The largest absolute Gasteiger partial charge is 0.470 e. The summed E-state index contributed by atoms with van der Waals surface area (Å²) in [5, 5.41) is 11.9. The van der Waals surface area contributed by atoms with E-state index in [1.807, 2.05) is 47.3 Å². The molecule has 2 heterocycles. The fourth-order valence-electron chi connectivity index (χ4n) is 2.81. The smallest absolute Gasteiger partial charge is 0.276 e. The van der Waals surface area contributed by atoms with Gasteiger partial charge in [-0.25, -0.2) is 4.68 Å². The average Bonchev–Trinajstić information content (AvgIpc) is 3.37. The summed E-state index contributed by atoms with van der Waals surface area (Å²) < 4.78 is 9.89. The highest BCUT2D eigenvalue weighted by atomic mass is 79.9. The normalized spacial score (nSPS) is 10.7. The molecule has 0 fully saturated rings. The number of anilines is 1. The number of nitrogens with zero attached hydrogens (tertiary/aromatic N) is 4. The highest BCUT2D eigenvalue weighted by Crippen LogP contribution is 2.23. The quantitative estimate of drug-likeness (QED) is 0.406. The molecule has 4 rings (SSSR count). The van der Waals surface area contributed by atoms with E-state index in [-0.39, 0.29) is 12.6 Å². The molecular formula is C21H17BrClN5O2. The predicted octanol–water partition coefficient (Wildman–Crippen LogP) is 4.83. The van der Waals surface area contributed by atoms with Gasteiger partial charge in [-0.1, -0.05) is 35.9 Å². The van der Waals surface area contributed by atoms with Gasteiger partial charge in [-0.05, 0) is 51.8 Å². The van der Waals surface area contributed by atoms with E-state index < -0.39 is 0 Å². The third kappa shape index (κ3) is 5.08. The summed E-state index contributed by atoms with van der Waals surface area (Å²) in [6.07, 6.45) is 5.30. The van der Waals surface area contributed by atoms with Crippen molar-refractivity contribution in [3.63, 3.8) is 0 Å². The summed E-state index contributed by atoms with van der Waals surface area (Å²) in [6.45, 7) is 0.745. The molecule has 0 saturated heterocycles. The highest BCUT2D eigenvalue weighted by Gasteiger charge is 2.11. The van der Waals surface area contributed by atoms with Gasteiger partial charge in [0.2, 0.25) is 0 Å². The maximum atomic E-state index is 12.6. The summed E-state index contributed by atoms with van der Waals surface area (Å²) in [4.78, 5) is 12.6. The number of para-hydroxylation sites is 1. The molecule has 9 heteroatoms. The van der Waals surface area contributed by atoms with Crippen LogP contribution < -0.4 is 10.1 Å². The minimum Gasteiger partial charge on any atom is -0.470 e. The first-order valence-corrected chi connectivity index (χ1v) is 10.2. The van der Waals surface area contributed by atoms with Crippen LogP contribution in [0.1, 0.15) is 16.1 Å². The van der Waals surface area contributed by atoms with Gasteiger partial charge in [0.25, 0.3) is 5.91 Å². The van der Waals surface area contributed by atoms with Gasteiger partial charge >= 0.3 is 0 Å². The fourth-order valence-corrected chi connectivity index (χ4v) is 3.32. The van der Waals surface area contributed by atoms with E-state index in [0.717, 1.165) is 10.0 Å². The van der Waals surface area contributed by atoms with Gasteiger partial charge in [0.05, 0.1) is 22.2 Å². The lowest BCUT2D eigenvalue weighted by molar-refractivity contribution is 0.102. The Bertz CT molecular complexity index is 1170. The van der Waals surface area contributed by atoms with E-state index in [0.29, 0.717) is 28.7 Å². The van der Waals surface area contributed by atoms with Crippen molar-refractivity contribution in [2.75, 3.05) is 5.32 Å². The highest BCUT2D eigenvalue weighted by molar-refractivity contribution is 9.10. The van der Waals surface area contributed by atoms with Crippen molar-refractivity contribution in [1.29, 1.82) is 0 Å². The van der Waals surface area contributed by atoms with Crippen LogP contribution in [0.2, 0.25) is 5.02 Å². The topological polar surface area (TPSA) is 74.0 Å². The molecule has 152 valence electrons. The minimum atomic E-state index is -0.300. The maximum Gasteiger partial charge on any atom is 0.276 e. The van der Waals surface area contributed by atoms with Crippen molar-refractivity contribution in [3.05, 3.63) is 93.9 Å². The number of ether oxygens (including phenoxy) is 1. The van der Waals surface area contributed by atoms with Crippen LogP contribution in [0.4, 0.5) is 5.69 Å². The maximum absolute atomic E-state index is 12.6. The minimum absolute atomic E-state index is 0.145.